The molecule has 3 rings (SSSR count). The molecule has 0 aliphatic heterocycles. The van der Waals surface area contributed by atoms with Crippen LogP contribution in [0.4, 0.5) is 0 Å². The zero-order chi connectivity index (χ0) is 12.0. The quantitative estimate of drug-likeness (QED) is 0.817. The highest BCUT2D eigenvalue weighted by molar-refractivity contribution is 7.91. The molecule has 0 aromatic heterocycles. The summed E-state index contributed by atoms with van der Waals surface area (Å²) in [6.45, 7) is 4.30. The smallest absolute Gasteiger partial charge is 0.152 e. The van der Waals surface area contributed by atoms with Crippen LogP contribution in [0.2, 0.25) is 0 Å². The van der Waals surface area contributed by atoms with Gasteiger partial charge in [0.15, 0.2) is 9.84 Å². The van der Waals surface area contributed by atoms with Gasteiger partial charge in [-0.25, -0.2) is 8.42 Å². The lowest BCUT2D eigenvalue weighted by molar-refractivity contribution is -0.0977. The second-order valence-corrected chi connectivity index (χ2v) is 8.26. The van der Waals surface area contributed by atoms with Gasteiger partial charge in [0.25, 0.3) is 0 Å². The average molecular weight is 246 g/mol. The fourth-order valence-electron chi connectivity index (χ4n) is 3.71. The highest BCUT2D eigenvalue weighted by atomic mass is 32.2. The van der Waals surface area contributed by atoms with Crippen molar-refractivity contribution in [1.29, 1.82) is 0 Å². The second-order valence-electron chi connectivity index (χ2n) is 6.04. The number of sulfone groups is 1. The Bertz CT molecular complexity index is 356. The van der Waals surface area contributed by atoms with Crippen LogP contribution in [-0.4, -0.2) is 31.6 Å². The van der Waals surface area contributed by atoms with Crippen LogP contribution in [0.5, 0.6) is 0 Å². The van der Waals surface area contributed by atoms with Gasteiger partial charge in [0, 0.05) is 0 Å². The third-order valence-corrected chi connectivity index (χ3v) is 6.61. The molecule has 94 valence electrons. The van der Waals surface area contributed by atoms with E-state index in [9.17, 15) is 8.42 Å². The van der Waals surface area contributed by atoms with Gasteiger partial charge in [0.1, 0.15) is 0 Å². The second kappa shape index (κ2) is 3.98. The first-order valence-electron chi connectivity index (χ1n) is 6.18. The lowest BCUT2D eigenvalue weighted by atomic mass is 9.46. The van der Waals surface area contributed by atoms with Crippen LogP contribution in [0.25, 0.3) is 0 Å². The van der Waals surface area contributed by atoms with Crippen LogP contribution in [-0.2, 0) is 9.84 Å². The van der Waals surface area contributed by atoms with Crippen LogP contribution in [0.15, 0.2) is 0 Å². The molecule has 3 aliphatic carbocycles. The molecular weight excluding hydrogens is 224 g/mol. The predicted octanol–water partition coefficient (Wildman–Crippen LogP) is 1.47. The molecule has 3 nitrogen and oxygen atoms in total. The maximum absolute atomic E-state index is 11.7. The van der Waals surface area contributed by atoms with Gasteiger partial charge in [-0.1, -0.05) is 13.8 Å². The molecule has 2 bridgehead atoms. The van der Waals surface area contributed by atoms with Crippen molar-refractivity contribution in [3.8, 4) is 0 Å². The minimum Gasteiger partial charge on any atom is -0.395 e. The summed E-state index contributed by atoms with van der Waals surface area (Å²) in [7, 11) is -3.04. The van der Waals surface area contributed by atoms with Crippen LogP contribution in [0.1, 0.15) is 33.1 Å². The lowest BCUT2D eigenvalue weighted by Crippen LogP contribution is -2.53. The number of rotatable bonds is 4. The van der Waals surface area contributed by atoms with Crippen molar-refractivity contribution in [1.82, 2.24) is 0 Å². The van der Waals surface area contributed by atoms with Crippen molar-refractivity contribution >= 4 is 9.84 Å². The van der Waals surface area contributed by atoms with Crippen molar-refractivity contribution < 1.29 is 13.5 Å². The molecule has 1 N–H and O–H groups in total. The molecule has 0 saturated heterocycles. The third kappa shape index (κ3) is 2.02. The summed E-state index contributed by atoms with van der Waals surface area (Å²) in [5.74, 6) is 1.94. The predicted molar refractivity (Wildman–Crippen MR) is 63.8 cm³/mol. The maximum atomic E-state index is 11.7. The van der Waals surface area contributed by atoms with Crippen LogP contribution in [0, 0.1) is 23.2 Å². The fraction of sp³-hybridized carbons (Fsp3) is 1.00. The first kappa shape index (κ1) is 12.4. The molecular formula is C12H22O3S. The number of hydrogen-bond donors (Lipinski definition) is 1. The Kier molecular flexibility index (Phi) is 3.08. The minimum absolute atomic E-state index is 0.0694. The summed E-state index contributed by atoms with van der Waals surface area (Å²) in [6.07, 6.45) is 3.46. The maximum Gasteiger partial charge on any atom is 0.152 e. The SMILES string of the molecule is CC1(C)[C@H]2CC[C@@H](CS(=O)(=O)CCO)[C@@H]1C2. The van der Waals surface area contributed by atoms with Crippen molar-refractivity contribution in [3.05, 3.63) is 0 Å². The zero-order valence-electron chi connectivity index (χ0n) is 10.1. The third-order valence-electron chi connectivity index (χ3n) is 4.87. The van der Waals surface area contributed by atoms with Crippen molar-refractivity contribution in [2.24, 2.45) is 23.2 Å². The number of aliphatic hydroxyl groups excluding tert-OH is 1. The van der Waals surface area contributed by atoms with E-state index in [0.717, 1.165) is 12.3 Å². The molecule has 0 radical (unpaired) electrons. The average Bonchev–Trinajstić information content (AvgIpc) is 2.16. The van der Waals surface area contributed by atoms with E-state index in [4.69, 9.17) is 5.11 Å². The summed E-state index contributed by atoms with van der Waals surface area (Å²) < 4.78 is 23.4. The van der Waals surface area contributed by atoms with Crippen LogP contribution >= 0.6 is 0 Å². The zero-order valence-corrected chi connectivity index (χ0v) is 11.0. The topological polar surface area (TPSA) is 54.4 Å². The molecule has 0 unspecified atom stereocenters. The Morgan fingerprint density at radius 2 is 2.00 bits per heavy atom. The van der Waals surface area contributed by atoms with Gasteiger partial charge in [0.05, 0.1) is 18.1 Å². The Morgan fingerprint density at radius 3 is 2.50 bits per heavy atom. The van der Waals surface area contributed by atoms with Crippen molar-refractivity contribution in [2.45, 2.75) is 33.1 Å². The molecule has 3 saturated carbocycles. The Balaban J connectivity index is 2.01. The van der Waals surface area contributed by atoms with E-state index in [1.807, 2.05) is 0 Å². The van der Waals surface area contributed by atoms with Gasteiger partial charge < -0.3 is 5.11 Å². The highest BCUT2D eigenvalue weighted by Gasteiger charge is 2.54. The molecule has 16 heavy (non-hydrogen) atoms. The van der Waals surface area contributed by atoms with Gasteiger partial charge in [-0.15, -0.1) is 0 Å². The molecule has 3 aliphatic rings. The summed E-state index contributed by atoms with van der Waals surface area (Å²) in [5, 5.41) is 8.73. The Labute approximate surface area is 98.2 Å². The van der Waals surface area contributed by atoms with E-state index >= 15 is 0 Å². The Hall–Kier alpha value is -0.0900. The van der Waals surface area contributed by atoms with Gasteiger partial charge >= 0.3 is 0 Å². The van der Waals surface area contributed by atoms with E-state index in [0.29, 0.717) is 17.3 Å². The van der Waals surface area contributed by atoms with E-state index in [1.165, 1.54) is 12.8 Å². The normalized spacial score (nSPS) is 36.8. The number of hydrogen-bond acceptors (Lipinski definition) is 3. The summed E-state index contributed by atoms with van der Waals surface area (Å²) in [6, 6.07) is 0. The molecule has 0 aromatic rings. The fourth-order valence-corrected chi connectivity index (χ4v) is 5.21. The number of fused-ring (bicyclic) bond motifs is 2. The van der Waals surface area contributed by atoms with Crippen LogP contribution < -0.4 is 0 Å². The van der Waals surface area contributed by atoms with Gasteiger partial charge in [-0.05, 0) is 42.4 Å². The monoisotopic (exact) mass is 246 g/mol. The van der Waals surface area contributed by atoms with Crippen molar-refractivity contribution in [2.75, 3.05) is 18.1 Å². The number of aliphatic hydroxyl groups is 1. The summed E-state index contributed by atoms with van der Waals surface area (Å²) >= 11 is 0. The first-order valence-corrected chi connectivity index (χ1v) is 8.00. The standard InChI is InChI=1S/C12H22O3S/c1-12(2)10-4-3-9(11(12)7-10)8-16(14,15)6-5-13/h9-11,13H,3-8H2,1-2H3/t9-,10-,11-/m0/s1. The summed E-state index contributed by atoms with van der Waals surface area (Å²) in [4.78, 5) is 0. The van der Waals surface area contributed by atoms with Crippen LogP contribution in [0.3, 0.4) is 0 Å². The minimum atomic E-state index is -3.04. The highest BCUT2D eigenvalue weighted by Crippen LogP contribution is 2.61. The lowest BCUT2D eigenvalue weighted by Gasteiger charge is -2.60. The molecule has 0 aromatic carbocycles. The molecule has 0 amide bonds. The first-order chi connectivity index (χ1) is 7.37. The van der Waals surface area contributed by atoms with Gasteiger partial charge in [-0.3, -0.25) is 0 Å². The van der Waals surface area contributed by atoms with Gasteiger partial charge in [0.2, 0.25) is 0 Å². The summed E-state index contributed by atoms with van der Waals surface area (Å²) in [5.41, 5.74) is 0.345. The van der Waals surface area contributed by atoms with E-state index < -0.39 is 9.84 Å². The van der Waals surface area contributed by atoms with E-state index in [-0.39, 0.29) is 18.1 Å². The van der Waals surface area contributed by atoms with E-state index in [2.05, 4.69) is 13.8 Å². The molecule has 3 fully saturated rings. The molecule has 3 atom stereocenters. The molecule has 0 spiro atoms. The molecule has 0 heterocycles. The van der Waals surface area contributed by atoms with Crippen molar-refractivity contribution in [3.63, 3.8) is 0 Å². The molecule has 4 heteroatoms. The van der Waals surface area contributed by atoms with Gasteiger partial charge in [-0.2, -0.15) is 0 Å². The largest absolute Gasteiger partial charge is 0.395 e. The van der Waals surface area contributed by atoms with E-state index in [1.54, 1.807) is 0 Å². The Morgan fingerprint density at radius 1 is 1.31 bits per heavy atom.